The Labute approximate surface area is 136 Å². The first-order chi connectivity index (χ1) is 11.9. The predicted molar refractivity (Wildman–Crippen MR) is 88.2 cm³/mol. The van der Waals surface area contributed by atoms with Gasteiger partial charge in [0.1, 0.15) is 6.33 Å². The standard InChI is InChI=1S/C17H13N5O2/c1-2-4-13-12(3-1)20-16(17-21-19-9-22(13)17)18-8-11-5-6-14-15(7-11)24-10-23-14/h1-7,9H,8,10H2,(H,18,20). The van der Waals surface area contributed by atoms with Crippen LogP contribution in [-0.2, 0) is 6.54 Å². The lowest BCUT2D eigenvalue weighted by molar-refractivity contribution is 0.174. The number of aromatic nitrogens is 4. The van der Waals surface area contributed by atoms with Crippen LogP contribution < -0.4 is 14.8 Å². The van der Waals surface area contributed by atoms with Gasteiger partial charge in [0.2, 0.25) is 12.4 Å². The molecule has 0 radical (unpaired) electrons. The second-order valence-electron chi connectivity index (χ2n) is 5.51. The molecule has 118 valence electrons. The third-order valence-corrected chi connectivity index (χ3v) is 4.03. The third-order valence-electron chi connectivity index (χ3n) is 4.03. The molecular formula is C17H13N5O2. The first-order valence-corrected chi connectivity index (χ1v) is 7.59. The summed E-state index contributed by atoms with van der Waals surface area (Å²) < 4.78 is 12.7. The molecular weight excluding hydrogens is 306 g/mol. The fraction of sp³-hybridized carbons (Fsp3) is 0.118. The lowest BCUT2D eigenvalue weighted by Crippen LogP contribution is -2.04. The van der Waals surface area contributed by atoms with Crippen LogP contribution >= 0.6 is 0 Å². The summed E-state index contributed by atoms with van der Waals surface area (Å²) in [6.45, 7) is 0.878. The summed E-state index contributed by atoms with van der Waals surface area (Å²) in [7, 11) is 0. The molecule has 0 atom stereocenters. The Hall–Kier alpha value is -3.35. The van der Waals surface area contributed by atoms with Crippen LogP contribution in [0.4, 0.5) is 5.82 Å². The normalized spacial score (nSPS) is 12.8. The lowest BCUT2D eigenvalue weighted by Gasteiger charge is -2.09. The topological polar surface area (TPSA) is 73.6 Å². The van der Waals surface area contributed by atoms with Gasteiger partial charge in [0, 0.05) is 6.54 Å². The Balaban J connectivity index is 1.51. The maximum absolute atomic E-state index is 5.41. The van der Waals surface area contributed by atoms with Crippen molar-refractivity contribution in [3.8, 4) is 11.5 Å². The first-order valence-electron chi connectivity index (χ1n) is 7.59. The van der Waals surface area contributed by atoms with Crippen LogP contribution in [0.2, 0.25) is 0 Å². The second kappa shape index (κ2) is 5.09. The molecule has 3 heterocycles. The molecule has 0 saturated heterocycles. The van der Waals surface area contributed by atoms with Crippen LogP contribution in [0.3, 0.4) is 0 Å². The highest BCUT2D eigenvalue weighted by Gasteiger charge is 2.14. The summed E-state index contributed by atoms with van der Waals surface area (Å²) in [5.74, 6) is 2.25. The molecule has 1 aliphatic rings. The average molecular weight is 319 g/mol. The molecule has 1 aliphatic heterocycles. The fourth-order valence-corrected chi connectivity index (χ4v) is 2.86. The van der Waals surface area contributed by atoms with Gasteiger partial charge in [-0.3, -0.25) is 4.40 Å². The van der Waals surface area contributed by atoms with Crippen LogP contribution in [0.1, 0.15) is 5.56 Å². The highest BCUT2D eigenvalue weighted by molar-refractivity contribution is 5.82. The molecule has 24 heavy (non-hydrogen) atoms. The summed E-state index contributed by atoms with van der Waals surface area (Å²) >= 11 is 0. The van der Waals surface area contributed by atoms with Crippen LogP contribution in [0.25, 0.3) is 16.7 Å². The van der Waals surface area contributed by atoms with E-state index >= 15 is 0 Å². The van der Waals surface area contributed by atoms with Gasteiger partial charge in [-0.25, -0.2) is 4.98 Å². The summed E-state index contributed by atoms with van der Waals surface area (Å²) in [4.78, 5) is 4.67. The number of nitrogens with one attached hydrogen (secondary N) is 1. The number of benzene rings is 2. The number of anilines is 1. The van der Waals surface area contributed by atoms with Crippen molar-refractivity contribution in [3.63, 3.8) is 0 Å². The van der Waals surface area contributed by atoms with E-state index in [1.807, 2.05) is 46.9 Å². The van der Waals surface area contributed by atoms with Crippen LogP contribution in [0.5, 0.6) is 11.5 Å². The van der Waals surface area contributed by atoms with E-state index in [4.69, 9.17) is 9.47 Å². The van der Waals surface area contributed by atoms with E-state index in [1.165, 1.54) is 0 Å². The smallest absolute Gasteiger partial charge is 0.231 e. The fourth-order valence-electron chi connectivity index (χ4n) is 2.86. The predicted octanol–water partition coefficient (Wildman–Crippen LogP) is 2.62. The number of hydrogen-bond donors (Lipinski definition) is 1. The molecule has 0 amide bonds. The van der Waals surface area contributed by atoms with E-state index in [1.54, 1.807) is 6.33 Å². The molecule has 5 rings (SSSR count). The molecule has 7 nitrogen and oxygen atoms in total. The molecule has 0 saturated carbocycles. The summed E-state index contributed by atoms with van der Waals surface area (Å²) in [5.41, 5.74) is 3.64. The molecule has 0 aliphatic carbocycles. The van der Waals surface area contributed by atoms with Crippen molar-refractivity contribution in [2.24, 2.45) is 0 Å². The van der Waals surface area contributed by atoms with E-state index in [2.05, 4.69) is 20.5 Å². The minimum Gasteiger partial charge on any atom is -0.454 e. The van der Waals surface area contributed by atoms with Crippen molar-refractivity contribution in [1.29, 1.82) is 0 Å². The number of hydrogen-bond acceptors (Lipinski definition) is 6. The van der Waals surface area contributed by atoms with Gasteiger partial charge >= 0.3 is 0 Å². The summed E-state index contributed by atoms with van der Waals surface area (Å²) in [6.07, 6.45) is 1.70. The lowest BCUT2D eigenvalue weighted by atomic mass is 10.2. The van der Waals surface area contributed by atoms with Gasteiger partial charge in [0.25, 0.3) is 0 Å². The minimum atomic E-state index is 0.277. The van der Waals surface area contributed by atoms with Crippen molar-refractivity contribution in [2.75, 3.05) is 12.1 Å². The van der Waals surface area contributed by atoms with E-state index in [-0.39, 0.29) is 6.79 Å². The van der Waals surface area contributed by atoms with E-state index in [0.29, 0.717) is 18.0 Å². The SMILES string of the molecule is c1ccc2c(c1)nc(NCc1ccc3c(c1)OCO3)c1nncn12. The highest BCUT2D eigenvalue weighted by Crippen LogP contribution is 2.32. The van der Waals surface area contributed by atoms with Gasteiger partial charge in [0.15, 0.2) is 17.3 Å². The quantitative estimate of drug-likeness (QED) is 0.626. The molecule has 4 aromatic rings. The Kier molecular flexibility index (Phi) is 2.78. The monoisotopic (exact) mass is 319 g/mol. The molecule has 2 aromatic heterocycles. The van der Waals surface area contributed by atoms with Crippen molar-refractivity contribution >= 4 is 22.5 Å². The zero-order chi connectivity index (χ0) is 15.9. The largest absolute Gasteiger partial charge is 0.454 e. The van der Waals surface area contributed by atoms with Crippen molar-refractivity contribution in [1.82, 2.24) is 19.6 Å². The van der Waals surface area contributed by atoms with E-state index in [9.17, 15) is 0 Å². The molecule has 0 bridgehead atoms. The van der Waals surface area contributed by atoms with E-state index < -0.39 is 0 Å². The van der Waals surface area contributed by atoms with Gasteiger partial charge in [-0.05, 0) is 29.8 Å². The van der Waals surface area contributed by atoms with Crippen molar-refractivity contribution in [2.45, 2.75) is 6.54 Å². The van der Waals surface area contributed by atoms with Gasteiger partial charge in [-0.1, -0.05) is 18.2 Å². The van der Waals surface area contributed by atoms with Crippen LogP contribution in [-0.4, -0.2) is 26.4 Å². The Morgan fingerprint density at radius 3 is 3.00 bits per heavy atom. The Bertz CT molecular complexity index is 1060. The van der Waals surface area contributed by atoms with Crippen molar-refractivity contribution < 1.29 is 9.47 Å². The Morgan fingerprint density at radius 2 is 2.00 bits per heavy atom. The summed E-state index contributed by atoms with van der Waals surface area (Å²) in [6, 6.07) is 13.8. The minimum absolute atomic E-state index is 0.277. The van der Waals surface area contributed by atoms with Gasteiger partial charge < -0.3 is 14.8 Å². The van der Waals surface area contributed by atoms with Gasteiger partial charge in [-0.2, -0.15) is 0 Å². The van der Waals surface area contributed by atoms with Gasteiger partial charge in [-0.15, -0.1) is 10.2 Å². The number of para-hydroxylation sites is 2. The maximum Gasteiger partial charge on any atom is 0.231 e. The molecule has 0 spiro atoms. The maximum atomic E-state index is 5.41. The average Bonchev–Trinajstić information content (AvgIpc) is 3.28. The molecule has 1 N–H and O–H groups in total. The molecule has 2 aromatic carbocycles. The molecule has 0 unspecified atom stereocenters. The first kappa shape index (κ1) is 13.1. The molecule has 7 heteroatoms. The second-order valence-corrected chi connectivity index (χ2v) is 5.51. The van der Waals surface area contributed by atoms with Crippen molar-refractivity contribution in [3.05, 3.63) is 54.4 Å². The number of ether oxygens (including phenoxy) is 2. The zero-order valence-corrected chi connectivity index (χ0v) is 12.6. The number of rotatable bonds is 3. The highest BCUT2D eigenvalue weighted by atomic mass is 16.7. The van der Waals surface area contributed by atoms with E-state index in [0.717, 1.165) is 28.1 Å². The van der Waals surface area contributed by atoms with Crippen LogP contribution in [0.15, 0.2) is 48.8 Å². The third kappa shape index (κ3) is 2.02. The van der Waals surface area contributed by atoms with Gasteiger partial charge in [0.05, 0.1) is 11.0 Å². The zero-order valence-electron chi connectivity index (χ0n) is 12.6. The Morgan fingerprint density at radius 1 is 1.08 bits per heavy atom. The number of nitrogens with zero attached hydrogens (tertiary/aromatic N) is 4. The summed E-state index contributed by atoms with van der Waals surface area (Å²) in [5, 5.41) is 11.5. The molecule has 0 fully saturated rings. The van der Waals surface area contributed by atoms with Crippen LogP contribution in [0, 0.1) is 0 Å². The number of fused-ring (bicyclic) bond motifs is 4.